The summed E-state index contributed by atoms with van der Waals surface area (Å²) in [6.45, 7) is 23.4. The van der Waals surface area contributed by atoms with Gasteiger partial charge in [-0.2, -0.15) is 0 Å². The molecule has 2 unspecified atom stereocenters. The van der Waals surface area contributed by atoms with Gasteiger partial charge in [0, 0.05) is 10.1 Å². The second kappa shape index (κ2) is 4.58. The summed E-state index contributed by atoms with van der Waals surface area (Å²) in [5.74, 6) is 0. The standard InChI is InChI=1S/C20H30Si/c1-13-11-19(7,17(5)15(13)3)21(9,10)20(8)12-14(2)16(4)18(20)6/h1-10H3. The van der Waals surface area contributed by atoms with Gasteiger partial charge >= 0.3 is 0 Å². The third-order valence-corrected chi connectivity index (χ3v) is 13.1. The van der Waals surface area contributed by atoms with Crippen molar-refractivity contribution in [3.8, 4) is 0 Å². The van der Waals surface area contributed by atoms with Crippen molar-refractivity contribution < 1.29 is 0 Å². The molecule has 2 aliphatic rings. The molecule has 0 saturated carbocycles. The Hall–Kier alpha value is -0.823. The summed E-state index contributed by atoms with van der Waals surface area (Å²) in [5.41, 5.74) is 8.62. The van der Waals surface area contributed by atoms with Crippen LogP contribution >= 0.6 is 0 Å². The Labute approximate surface area is 132 Å². The van der Waals surface area contributed by atoms with Crippen LogP contribution in [0.1, 0.15) is 55.4 Å². The van der Waals surface area contributed by atoms with Crippen molar-refractivity contribution in [1.29, 1.82) is 0 Å². The zero-order valence-electron chi connectivity index (χ0n) is 15.5. The molecule has 0 aromatic carbocycles. The van der Waals surface area contributed by atoms with Crippen LogP contribution in [0.3, 0.4) is 0 Å². The molecule has 2 atom stereocenters. The Balaban J connectivity index is 2.66. The van der Waals surface area contributed by atoms with E-state index in [0.29, 0.717) is 0 Å². The molecule has 21 heavy (non-hydrogen) atoms. The molecule has 2 rings (SSSR count). The molecule has 2 aliphatic carbocycles. The lowest BCUT2D eigenvalue weighted by molar-refractivity contribution is 0.727. The molecule has 0 heterocycles. The molecule has 114 valence electrons. The van der Waals surface area contributed by atoms with E-state index in [1.807, 2.05) is 0 Å². The number of hydrogen-bond acceptors (Lipinski definition) is 0. The van der Waals surface area contributed by atoms with Gasteiger partial charge in [-0.05, 0) is 76.0 Å². The highest BCUT2D eigenvalue weighted by Crippen LogP contribution is 2.64. The second-order valence-corrected chi connectivity index (χ2v) is 13.1. The highest BCUT2D eigenvalue weighted by atomic mass is 28.3. The predicted octanol–water partition coefficient (Wildman–Crippen LogP) is 6.41. The van der Waals surface area contributed by atoms with E-state index in [1.54, 1.807) is 0 Å². The predicted molar refractivity (Wildman–Crippen MR) is 95.8 cm³/mol. The molecule has 0 amide bonds. The first-order chi connectivity index (χ1) is 9.40. The van der Waals surface area contributed by atoms with Crippen LogP contribution < -0.4 is 0 Å². The molecule has 0 aromatic rings. The largest absolute Gasteiger partial charge is 0.0791 e. The van der Waals surface area contributed by atoms with Crippen molar-refractivity contribution >= 4 is 8.07 Å². The van der Waals surface area contributed by atoms with E-state index in [4.69, 9.17) is 0 Å². The zero-order chi connectivity index (χ0) is 16.4. The van der Waals surface area contributed by atoms with Gasteiger partial charge in [0.15, 0.2) is 0 Å². The summed E-state index contributed by atoms with van der Waals surface area (Å²) < 4.78 is 0. The summed E-state index contributed by atoms with van der Waals surface area (Å²) in [5, 5.41) is 0.185. The molecule has 0 bridgehead atoms. The van der Waals surface area contributed by atoms with Crippen molar-refractivity contribution in [2.45, 2.75) is 78.6 Å². The van der Waals surface area contributed by atoms with E-state index < -0.39 is 8.07 Å². The van der Waals surface area contributed by atoms with Crippen LogP contribution in [0, 0.1) is 12.2 Å². The number of allylic oxidation sites excluding steroid dienone is 8. The van der Waals surface area contributed by atoms with Crippen LogP contribution in [0.2, 0.25) is 23.2 Å². The summed E-state index contributed by atoms with van der Waals surface area (Å²) in [4.78, 5) is 0. The fraction of sp³-hybridized carbons (Fsp3) is 0.600. The Bertz CT molecular complexity index is 570. The van der Waals surface area contributed by atoms with Gasteiger partial charge < -0.3 is 0 Å². The minimum Gasteiger partial charge on any atom is -0.0674 e. The molecular formula is C20H30Si. The van der Waals surface area contributed by atoms with E-state index in [2.05, 4.69) is 80.6 Å². The Morgan fingerprint density at radius 3 is 1.14 bits per heavy atom. The molecule has 0 aliphatic heterocycles. The normalized spacial score (nSPS) is 33.8. The molecule has 0 aromatic heterocycles. The van der Waals surface area contributed by atoms with Crippen molar-refractivity contribution in [2.24, 2.45) is 0 Å². The molecule has 2 radical (unpaired) electrons. The lowest BCUT2D eigenvalue weighted by atomic mass is 10.0. The van der Waals surface area contributed by atoms with Gasteiger partial charge in [-0.1, -0.05) is 38.1 Å². The first kappa shape index (κ1) is 16.5. The summed E-state index contributed by atoms with van der Waals surface area (Å²) >= 11 is 0. The van der Waals surface area contributed by atoms with Crippen LogP contribution in [0.15, 0.2) is 33.4 Å². The van der Waals surface area contributed by atoms with Crippen molar-refractivity contribution in [3.63, 3.8) is 0 Å². The Morgan fingerprint density at radius 2 is 0.952 bits per heavy atom. The van der Waals surface area contributed by atoms with Crippen molar-refractivity contribution in [3.05, 3.63) is 45.6 Å². The smallest absolute Gasteiger partial charge is 0.0674 e. The third kappa shape index (κ3) is 1.86. The molecule has 0 spiro atoms. The van der Waals surface area contributed by atoms with E-state index >= 15 is 0 Å². The quantitative estimate of drug-likeness (QED) is 0.516. The van der Waals surface area contributed by atoms with Gasteiger partial charge in [-0.3, -0.25) is 0 Å². The molecule has 0 nitrogen and oxygen atoms in total. The first-order valence-corrected chi connectivity index (χ1v) is 11.0. The van der Waals surface area contributed by atoms with E-state index in [1.165, 1.54) is 33.4 Å². The molecule has 0 saturated heterocycles. The van der Waals surface area contributed by atoms with Crippen LogP contribution in [0.5, 0.6) is 0 Å². The Morgan fingerprint density at radius 1 is 0.667 bits per heavy atom. The van der Waals surface area contributed by atoms with E-state index in [-0.39, 0.29) is 10.1 Å². The number of rotatable bonds is 2. The average molecular weight is 299 g/mol. The fourth-order valence-electron chi connectivity index (χ4n) is 4.19. The lowest BCUT2D eigenvalue weighted by Crippen LogP contribution is -2.50. The highest BCUT2D eigenvalue weighted by Gasteiger charge is 2.57. The van der Waals surface area contributed by atoms with Crippen LogP contribution in [0.25, 0.3) is 0 Å². The maximum absolute atomic E-state index is 3.85. The number of hydrogen-bond donors (Lipinski definition) is 0. The molecule has 0 fully saturated rings. The average Bonchev–Trinajstić information content (AvgIpc) is 2.72. The maximum atomic E-state index is 3.85. The zero-order valence-corrected chi connectivity index (χ0v) is 16.5. The van der Waals surface area contributed by atoms with Gasteiger partial charge in [0.2, 0.25) is 0 Å². The van der Waals surface area contributed by atoms with Gasteiger partial charge in [0.25, 0.3) is 0 Å². The van der Waals surface area contributed by atoms with Crippen molar-refractivity contribution in [1.82, 2.24) is 0 Å². The van der Waals surface area contributed by atoms with Crippen LogP contribution in [-0.4, -0.2) is 8.07 Å². The van der Waals surface area contributed by atoms with Crippen molar-refractivity contribution in [2.75, 3.05) is 0 Å². The molecule has 0 N–H and O–H groups in total. The van der Waals surface area contributed by atoms with E-state index in [9.17, 15) is 0 Å². The van der Waals surface area contributed by atoms with Gasteiger partial charge in [-0.25, -0.2) is 0 Å². The summed E-state index contributed by atoms with van der Waals surface area (Å²) in [7, 11) is -1.76. The van der Waals surface area contributed by atoms with Gasteiger partial charge in [0.05, 0.1) is 8.07 Å². The Kier molecular flexibility index (Phi) is 3.61. The van der Waals surface area contributed by atoms with Crippen LogP contribution in [-0.2, 0) is 0 Å². The summed E-state index contributed by atoms with van der Waals surface area (Å²) in [6, 6.07) is 0. The van der Waals surface area contributed by atoms with Crippen LogP contribution in [0.4, 0.5) is 0 Å². The first-order valence-electron chi connectivity index (χ1n) is 8.00. The minimum atomic E-state index is -1.76. The maximum Gasteiger partial charge on any atom is 0.0791 e. The second-order valence-electron chi connectivity index (χ2n) is 7.88. The summed E-state index contributed by atoms with van der Waals surface area (Å²) in [6.07, 6.45) is 7.71. The van der Waals surface area contributed by atoms with Gasteiger partial charge in [-0.15, -0.1) is 0 Å². The highest BCUT2D eigenvalue weighted by molar-refractivity contribution is 6.85. The van der Waals surface area contributed by atoms with Gasteiger partial charge in [0.1, 0.15) is 0 Å². The fourth-order valence-corrected chi connectivity index (χ4v) is 8.44. The minimum absolute atomic E-state index is 0.0923. The third-order valence-electron chi connectivity index (χ3n) is 7.12. The SMILES string of the molecule is CC1=[C]C(C)([Si](C)(C)C2(C)[C]=C(C)C(C)=C2C)C(C)=C1C. The lowest BCUT2D eigenvalue weighted by Gasteiger charge is -2.50. The molecular weight excluding hydrogens is 268 g/mol. The molecule has 1 heteroatoms. The topological polar surface area (TPSA) is 0 Å². The monoisotopic (exact) mass is 298 g/mol. The van der Waals surface area contributed by atoms with E-state index in [0.717, 1.165) is 0 Å².